The Morgan fingerprint density at radius 1 is 0.611 bits per heavy atom. The fraction of sp³-hybridized carbons (Fsp3) is 0.200. The lowest BCUT2D eigenvalue weighted by Crippen LogP contribution is -2.55. The Labute approximate surface area is 317 Å². The molecule has 274 valence electrons. The molecule has 3 amide bonds. The Hall–Kier alpha value is -6.03. The molecule has 1 unspecified atom stereocenters. The first-order chi connectivity index (χ1) is 26.3. The zero-order chi connectivity index (χ0) is 38.3. The maximum atomic E-state index is 14.9. The van der Waals surface area contributed by atoms with Crippen molar-refractivity contribution in [3.8, 4) is 6.07 Å². The van der Waals surface area contributed by atoms with Gasteiger partial charge in [-0.1, -0.05) is 159 Å². The number of unbranched alkanes of at least 4 members (excludes halogenated alkanes) is 1. The molecule has 0 aliphatic rings. The van der Waals surface area contributed by atoms with Gasteiger partial charge in [0.2, 0.25) is 11.8 Å². The molecule has 0 bridgehead atoms. The predicted octanol–water partition coefficient (Wildman–Crippen LogP) is 5.47. The lowest BCUT2D eigenvalue weighted by atomic mass is 10.0. The molecule has 3 N–H and O–H groups in total. The number of carbonyl (C=O) groups excluding carboxylic acids is 4. The van der Waals surface area contributed by atoms with Gasteiger partial charge < -0.3 is 16.0 Å². The van der Waals surface area contributed by atoms with E-state index in [1.165, 1.54) is 6.92 Å². The highest BCUT2D eigenvalue weighted by Gasteiger charge is 2.37. The summed E-state index contributed by atoms with van der Waals surface area (Å²) >= 11 is 0. The molecule has 0 spiro atoms. The Bertz CT molecular complexity index is 2020. The second-order valence-corrected chi connectivity index (χ2v) is 16.4. The van der Waals surface area contributed by atoms with Crippen LogP contribution in [0.2, 0.25) is 0 Å². The predicted molar refractivity (Wildman–Crippen MR) is 218 cm³/mol. The molecule has 3 atom stereocenters. The number of hydrogen-bond donors (Lipinski definition) is 3. The van der Waals surface area contributed by atoms with Gasteiger partial charge in [-0.2, -0.15) is 5.26 Å². The number of hydrogen-bond acceptors (Lipinski definition) is 5. The Morgan fingerprint density at radius 3 is 1.54 bits per heavy atom. The van der Waals surface area contributed by atoms with E-state index in [1.54, 1.807) is 30.3 Å². The molecule has 54 heavy (non-hydrogen) atoms. The lowest BCUT2D eigenvalue weighted by Gasteiger charge is -2.31. The number of rotatable bonds is 16. The smallest absolute Gasteiger partial charge is 0.251 e. The third-order valence-electron chi connectivity index (χ3n) is 9.28. The van der Waals surface area contributed by atoms with Crippen LogP contribution in [-0.2, 0) is 20.8 Å². The van der Waals surface area contributed by atoms with Gasteiger partial charge in [0, 0.05) is 12.0 Å². The SMILES string of the molecule is CCCCC(NC(=O)[C@H](C)NC(=O)[C@H](Cc1ccccc1)NC(=O)c1ccccc1)C(=O)C(C#N)=P(c1ccccc1)(c1ccccc1)c1ccccc1. The maximum absolute atomic E-state index is 14.9. The summed E-state index contributed by atoms with van der Waals surface area (Å²) in [6.45, 7) is 0.496. The van der Waals surface area contributed by atoms with Gasteiger partial charge in [-0.3, -0.25) is 19.2 Å². The van der Waals surface area contributed by atoms with Crippen LogP contribution in [0.3, 0.4) is 0 Å². The van der Waals surface area contributed by atoms with E-state index < -0.39 is 48.5 Å². The molecule has 0 saturated heterocycles. The summed E-state index contributed by atoms with van der Waals surface area (Å²) in [5.74, 6) is -2.00. The van der Waals surface area contributed by atoms with E-state index in [-0.39, 0.29) is 11.7 Å². The fourth-order valence-corrected chi connectivity index (χ4v) is 10.7. The van der Waals surface area contributed by atoms with Crippen LogP contribution in [0, 0.1) is 11.3 Å². The molecule has 0 aromatic heterocycles. The number of Topliss-reactive ketones (excluding diaryl/α,β-unsaturated/α-hetero) is 1. The number of carbonyl (C=O) groups is 4. The molecule has 0 saturated carbocycles. The van der Waals surface area contributed by atoms with E-state index in [0.29, 0.717) is 18.4 Å². The molecule has 0 heterocycles. The van der Waals surface area contributed by atoms with Crippen molar-refractivity contribution in [2.24, 2.45) is 0 Å². The van der Waals surface area contributed by atoms with Gasteiger partial charge in [-0.15, -0.1) is 0 Å². The maximum Gasteiger partial charge on any atom is 0.251 e. The molecule has 8 nitrogen and oxygen atoms in total. The monoisotopic (exact) mass is 736 g/mol. The molecular weight excluding hydrogens is 691 g/mol. The van der Waals surface area contributed by atoms with Crippen molar-refractivity contribution in [2.45, 2.75) is 57.7 Å². The van der Waals surface area contributed by atoms with Gasteiger partial charge in [0.05, 0.1) is 6.04 Å². The molecule has 9 heteroatoms. The molecule has 0 fully saturated rings. The average molecular weight is 737 g/mol. The van der Waals surface area contributed by atoms with E-state index in [0.717, 1.165) is 27.9 Å². The molecule has 0 aliphatic heterocycles. The number of nitriles is 1. The van der Waals surface area contributed by atoms with Gasteiger partial charge in [0.1, 0.15) is 23.4 Å². The highest BCUT2D eigenvalue weighted by molar-refractivity contribution is 7.97. The average Bonchev–Trinajstić information content (AvgIpc) is 3.22. The summed E-state index contributed by atoms with van der Waals surface area (Å²) in [5, 5.41) is 22.1. The second kappa shape index (κ2) is 19.2. The van der Waals surface area contributed by atoms with Crippen LogP contribution in [-0.4, -0.2) is 46.9 Å². The van der Waals surface area contributed by atoms with Crippen LogP contribution in [0.25, 0.3) is 0 Å². The van der Waals surface area contributed by atoms with Gasteiger partial charge in [-0.25, -0.2) is 0 Å². The Kier molecular flexibility index (Phi) is 13.9. The standard InChI is InChI=1S/C45H45N4O4P/c1-3-4-30-39(42(50)41(32-46)54(36-24-14-7-15-25-36,37-26-16-8-17-27-37)38-28-18-9-19-29-38)48-43(51)33(2)47-45(53)40(31-34-20-10-5-11-21-34)49-44(52)35-22-12-6-13-23-35/h5-29,33,39-40H,3-4,30-31H2,1-2H3,(H,47,53)(H,48,51)(H,49,52)/t33-,39?,40-/m0/s1. The number of nitrogens with zero attached hydrogens (tertiary/aromatic N) is 1. The van der Waals surface area contributed by atoms with Crippen LogP contribution in [0.5, 0.6) is 0 Å². The lowest BCUT2D eigenvalue weighted by molar-refractivity contribution is -0.130. The van der Waals surface area contributed by atoms with E-state index >= 15 is 0 Å². The Balaban J connectivity index is 1.48. The summed E-state index contributed by atoms with van der Waals surface area (Å²) in [7, 11) is 0. The van der Waals surface area contributed by atoms with Crippen molar-refractivity contribution in [1.29, 1.82) is 5.26 Å². The first kappa shape index (κ1) is 39.2. The first-order valence-corrected chi connectivity index (χ1v) is 20.0. The molecule has 5 rings (SSSR count). The Morgan fingerprint density at radius 2 is 1.07 bits per heavy atom. The van der Waals surface area contributed by atoms with Gasteiger partial charge in [0.15, 0.2) is 5.78 Å². The van der Waals surface area contributed by atoms with Gasteiger partial charge in [-0.05, 0) is 53.8 Å². The van der Waals surface area contributed by atoms with E-state index in [1.807, 2.05) is 128 Å². The number of nitrogens with one attached hydrogen (secondary N) is 3. The first-order valence-electron chi connectivity index (χ1n) is 18.2. The van der Waals surface area contributed by atoms with Crippen LogP contribution < -0.4 is 31.9 Å². The third kappa shape index (κ3) is 9.30. The van der Waals surface area contributed by atoms with Crippen molar-refractivity contribution in [3.05, 3.63) is 163 Å². The minimum Gasteiger partial charge on any atom is -0.344 e. The van der Waals surface area contributed by atoms with Crippen LogP contribution >= 0.6 is 6.89 Å². The van der Waals surface area contributed by atoms with E-state index in [2.05, 4.69) is 22.0 Å². The minimum atomic E-state index is -3.04. The molecule has 0 aliphatic carbocycles. The zero-order valence-corrected chi connectivity index (χ0v) is 31.4. The topological polar surface area (TPSA) is 128 Å². The van der Waals surface area contributed by atoms with Crippen molar-refractivity contribution in [3.63, 3.8) is 0 Å². The zero-order valence-electron chi connectivity index (χ0n) is 30.5. The molecule has 5 aromatic carbocycles. The van der Waals surface area contributed by atoms with Crippen LogP contribution in [0.1, 0.15) is 49.0 Å². The summed E-state index contributed by atoms with van der Waals surface area (Å²) in [5.41, 5.74) is 1.23. The van der Waals surface area contributed by atoms with Gasteiger partial charge >= 0.3 is 0 Å². The van der Waals surface area contributed by atoms with E-state index in [4.69, 9.17) is 0 Å². The molecule has 0 radical (unpaired) electrons. The van der Waals surface area contributed by atoms with Crippen molar-refractivity contribution >= 4 is 51.6 Å². The number of amides is 3. The molecular formula is C45H45N4O4P. The van der Waals surface area contributed by atoms with Crippen LogP contribution in [0.15, 0.2) is 152 Å². The largest absolute Gasteiger partial charge is 0.344 e. The van der Waals surface area contributed by atoms with Crippen molar-refractivity contribution < 1.29 is 19.2 Å². The summed E-state index contributed by atoms with van der Waals surface area (Å²) in [6.07, 6.45) is 1.87. The third-order valence-corrected chi connectivity index (χ3v) is 13.5. The normalized spacial score (nSPS) is 12.6. The second-order valence-electron chi connectivity index (χ2n) is 13.0. The summed E-state index contributed by atoms with van der Waals surface area (Å²) < 4.78 is 0. The highest BCUT2D eigenvalue weighted by atomic mass is 31.2. The fourth-order valence-electron chi connectivity index (χ4n) is 6.49. The van der Waals surface area contributed by atoms with Crippen molar-refractivity contribution in [2.75, 3.05) is 0 Å². The van der Waals surface area contributed by atoms with Gasteiger partial charge in [0.25, 0.3) is 5.91 Å². The highest BCUT2D eigenvalue weighted by Crippen LogP contribution is 2.46. The van der Waals surface area contributed by atoms with Crippen molar-refractivity contribution in [1.82, 2.24) is 16.0 Å². The van der Waals surface area contributed by atoms with Crippen LogP contribution in [0.4, 0.5) is 0 Å². The quantitative estimate of drug-likeness (QED) is 0.116. The number of ketones is 1. The summed E-state index contributed by atoms with van der Waals surface area (Å²) in [4.78, 5) is 55.7. The van der Waals surface area contributed by atoms with E-state index in [9.17, 15) is 24.4 Å². The summed E-state index contributed by atoms with van der Waals surface area (Å²) in [6, 6.07) is 46.0. The molecule has 5 aromatic rings. The number of benzene rings is 5. The minimum absolute atomic E-state index is 0.0794.